The zero-order chi connectivity index (χ0) is 34.1. The zero-order valence-electron chi connectivity index (χ0n) is 30.6. The van der Waals surface area contributed by atoms with Crippen LogP contribution in [0.4, 0.5) is 0 Å². The molecule has 5 fully saturated rings. The van der Waals surface area contributed by atoms with Gasteiger partial charge in [-0.2, -0.15) is 0 Å². The van der Waals surface area contributed by atoms with Crippen LogP contribution in [0, 0.1) is 62.1 Å². The molecule has 6 nitrogen and oxygen atoms in total. The van der Waals surface area contributed by atoms with Crippen LogP contribution in [0.5, 0.6) is 0 Å². The third-order valence-electron chi connectivity index (χ3n) is 15.8. The highest BCUT2D eigenvalue weighted by atomic mass is 16.5. The summed E-state index contributed by atoms with van der Waals surface area (Å²) in [6, 6.07) is 0. The second-order valence-electron chi connectivity index (χ2n) is 18.9. The third-order valence-corrected chi connectivity index (χ3v) is 15.8. The van der Waals surface area contributed by atoms with Crippen LogP contribution in [-0.4, -0.2) is 36.2 Å². The van der Waals surface area contributed by atoms with Crippen molar-refractivity contribution < 1.29 is 29.0 Å². The van der Waals surface area contributed by atoms with Gasteiger partial charge in [-0.15, -0.1) is 0 Å². The van der Waals surface area contributed by atoms with E-state index in [1.165, 1.54) is 44.8 Å². The van der Waals surface area contributed by atoms with Gasteiger partial charge in [-0.25, -0.2) is 0 Å². The molecule has 5 rings (SSSR count). The molecule has 0 aromatic carbocycles. The Kier molecular flexibility index (Phi) is 9.20. The summed E-state index contributed by atoms with van der Waals surface area (Å²) in [6.07, 6.45) is 12.8. The van der Waals surface area contributed by atoms with E-state index in [4.69, 9.17) is 9.47 Å². The number of hydrogen-bond donors (Lipinski definition) is 1. The molecule has 5 saturated carbocycles. The minimum Gasteiger partial charge on any atom is -0.481 e. The molecule has 0 saturated heterocycles. The minimum atomic E-state index is -0.657. The fourth-order valence-electron chi connectivity index (χ4n) is 13.4. The van der Waals surface area contributed by atoms with Crippen molar-refractivity contribution in [3.63, 3.8) is 0 Å². The van der Waals surface area contributed by atoms with Gasteiger partial charge in [-0.05, 0) is 134 Å². The lowest BCUT2D eigenvalue weighted by atomic mass is 9.32. The summed E-state index contributed by atoms with van der Waals surface area (Å²) in [5.41, 5.74) is 1.43. The third kappa shape index (κ3) is 5.57. The number of carboxylic acids is 1. The quantitative estimate of drug-likeness (QED) is 0.199. The number of carbonyl (C=O) groups excluding carboxylic acids is 2. The number of carbonyl (C=O) groups is 3. The van der Waals surface area contributed by atoms with E-state index >= 15 is 0 Å². The summed E-state index contributed by atoms with van der Waals surface area (Å²) in [7, 11) is 1.39. The highest BCUT2D eigenvalue weighted by Gasteiger charge is 2.71. The first kappa shape index (κ1) is 35.5. The molecule has 5 aliphatic carbocycles. The van der Waals surface area contributed by atoms with Gasteiger partial charge in [0.05, 0.1) is 20.0 Å². The number of allylic oxidation sites excluding steroid dienone is 1. The van der Waals surface area contributed by atoms with Gasteiger partial charge in [0.2, 0.25) is 0 Å². The SMILES string of the molecule is C=C(C)C1CC[C@]2(CCC(=O)O)CC[C@]3(C)C(CCC4[C@@]5(C)CC[C@H](OC(=O)CC(C)(C)CC(=O)OC)C(C)(C)C5CC[C@]43C)C12. The average Bonchev–Trinajstić information content (AvgIpc) is 3.33. The molecule has 0 radical (unpaired) electrons. The lowest BCUT2D eigenvalue weighted by Gasteiger charge is -2.73. The smallest absolute Gasteiger partial charge is 0.306 e. The first-order valence-corrected chi connectivity index (χ1v) is 18.4. The Bertz CT molecular complexity index is 1230. The standard InChI is InChI=1S/C40H64O6/c1-25(2)26-13-19-40(20-16-31(41)42)22-21-38(8)27(34(26)40)11-12-29-37(7)17-15-30(36(5,6)28(37)14-18-39(29,38)9)46-33(44)24-35(3,4)23-32(43)45-10/h26-30,34H,1,11-24H2,2-10H3,(H,41,42)/t26?,27?,28?,29?,30-,34?,37-,38+,39+,40-/m0/s1. The molecule has 0 aromatic rings. The topological polar surface area (TPSA) is 89.9 Å². The molecule has 10 atom stereocenters. The fraction of sp³-hybridized carbons (Fsp3) is 0.875. The van der Waals surface area contributed by atoms with E-state index in [1.54, 1.807) is 0 Å². The Morgan fingerprint density at radius 3 is 2.13 bits per heavy atom. The Morgan fingerprint density at radius 2 is 1.50 bits per heavy atom. The molecule has 0 spiro atoms. The van der Waals surface area contributed by atoms with Crippen molar-refractivity contribution >= 4 is 17.9 Å². The van der Waals surface area contributed by atoms with Gasteiger partial charge in [0.15, 0.2) is 0 Å². The summed E-state index contributed by atoms with van der Waals surface area (Å²) in [5.74, 6) is 1.59. The van der Waals surface area contributed by atoms with Crippen molar-refractivity contribution in [3.05, 3.63) is 12.2 Å². The molecule has 5 aliphatic rings. The van der Waals surface area contributed by atoms with Crippen LogP contribution in [0.2, 0.25) is 0 Å². The number of hydrogen-bond acceptors (Lipinski definition) is 5. The van der Waals surface area contributed by atoms with Crippen LogP contribution >= 0.6 is 0 Å². The van der Waals surface area contributed by atoms with Crippen molar-refractivity contribution in [3.8, 4) is 0 Å². The normalized spacial score (nSPS) is 42.9. The molecule has 0 amide bonds. The first-order chi connectivity index (χ1) is 21.3. The van der Waals surface area contributed by atoms with Crippen LogP contribution in [0.3, 0.4) is 0 Å². The van der Waals surface area contributed by atoms with E-state index in [1.807, 2.05) is 13.8 Å². The van der Waals surface area contributed by atoms with E-state index in [-0.39, 0.29) is 64.4 Å². The highest BCUT2D eigenvalue weighted by Crippen LogP contribution is 2.78. The maximum Gasteiger partial charge on any atom is 0.306 e. The van der Waals surface area contributed by atoms with Crippen LogP contribution in [0.1, 0.15) is 145 Å². The molecule has 5 unspecified atom stereocenters. The van der Waals surface area contributed by atoms with Gasteiger partial charge in [0.1, 0.15) is 6.10 Å². The minimum absolute atomic E-state index is 0.123. The maximum absolute atomic E-state index is 13.3. The molecule has 6 heteroatoms. The predicted octanol–water partition coefficient (Wildman–Crippen LogP) is 9.40. The summed E-state index contributed by atoms with van der Waals surface area (Å²) in [4.78, 5) is 37.0. The Morgan fingerprint density at radius 1 is 0.826 bits per heavy atom. The second-order valence-corrected chi connectivity index (χ2v) is 18.9. The molecule has 46 heavy (non-hydrogen) atoms. The number of ether oxygens (including phenoxy) is 2. The van der Waals surface area contributed by atoms with Gasteiger partial charge in [0, 0.05) is 11.8 Å². The van der Waals surface area contributed by atoms with Gasteiger partial charge in [-0.1, -0.05) is 60.6 Å². The van der Waals surface area contributed by atoms with Crippen LogP contribution in [-0.2, 0) is 23.9 Å². The number of fused-ring (bicyclic) bond motifs is 7. The van der Waals surface area contributed by atoms with Crippen molar-refractivity contribution in [1.82, 2.24) is 0 Å². The Hall–Kier alpha value is -1.85. The van der Waals surface area contributed by atoms with E-state index < -0.39 is 11.4 Å². The molecule has 260 valence electrons. The van der Waals surface area contributed by atoms with Crippen molar-refractivity contribution in [2.75, 3.05) is 7.11 Å². The first-order valence-electron chi connectivity index (χ1n) is 18.4. The van der Waals surface area contributed by atoms with Crippen molar-refractivity contribution in [1.29, 1.82) is 0 Å². The number of methoxy groups -OCH3 is 1. The number of carboxylic acid groups (broad SMARTS) is 1. The largest absolute Gasteiger partial charge is 0.481 e. The van der Waals surface area contributed by atoms with Crippen molar-refractivity contribution in [2.45, 2.75) is 151 Å². The second kappa shape index (κ2) is 11.9. The van der Waals surface area contributed by atoms with E-state index in [2.05, 4.69) is 48.1 Å². The molecule has 0 aromatic heterocycles. The van der Waals surface area contributed by atoms with E-state index in [0.717, 1.165) is 38.5 Å². The van der Waals surface area contributed by atoms with Crippen LogP contribution in [0.25, 0.3) is 0 Å². The molecule has 0 heterocycles. The average molecular weight is 641 g/mol. The molecular weight excluding hydrogens is 576 g/mol. The summed E-state index contributed by atoms with van der Waals surface area (Å²) < 4.78 is 11.2. The monoisotopic (exact) mass is 640 g/mol. The predicted molar refractivity (Wildman–Crippen MR) is 181 cm³/mol. The summed E-state index contributed by atoms with van der Waals surface area (Å²) in [5, 5.41) is 9.69. The van der Waals surface area contributed by atoms with Gasteiger partial charge in [0.25, 0.3) is 0 Å². The molecule has 0 aliphatic heterocycles. The van der Waals surface area contributed by atoms with Crippen molar-refractivity contribution in [2.24, 2.45) is 62.1 Å². The lowest BCUT2D eigenvalue weighted by Crippen LogP contribution is -2.66. The van der Waals surface area contributed by atoms with Crippen LogP contribution in [0.15, 0.2) is 12.2 Å². The summed E-state index contributed by atoms with van der Waals surface area (Å²) in [6.45, 7) is 23.1. The number of rotatable bonds is 9. The molecule has 0 bridgehead atoms. The molecular formula is C40H64O6. The number of esters is 2. The number of aliphatic carboxylic acids is 1. The van der Waals surface area contributed by atoms with Gasteiger partial charge in [-0.3, -0.25) is 14.4 Å². The zero-order valence-corrected chi connectivity index (χ0v) is 30.6. The van der Waals surface area contributed by atoms with Gasteiger partial charge < -0.3 is 14.6 Å². The maximum atomic E-state index is 13.3. The summed E-state index contributed by atoms with van der Waals surface area (Å²) >= 11 is 0. The van der Waals surface area contributed by atoms with Crippen LogP contribution < -0.4 is 0 Å². The van der Waals surface area contributed by atoms with E-state index in [0.29, 0.717) is 29.6 Å². The van der Waals surface area contributed by atoms with Gasteiger partial charge >= 0.3 is 17.9 Å². The van der Waals surface area contributed by atoms with E-state index in [9.17, 15) is 19.5 Å². The molecule has 1 N–H and O–H groups in total. The highest BCUT2D eigenvalue weighted by molar-refractivity contribution is 5.74. The lowest BCUT2D eigenvalue weighted by molar-refractivity contribution is -0.250. The fourth-order valence-corrected chi connectivity index (χ4v) is 13.4. The Balaban J connectivity index is 1.37. The Labute approximate surface area is 279 Å².